The first-order chi connectivity index (χ1) is 14.2. The molecule has 1 heterocycles. The van der Waals surface area contributed by atoms with Crippen molar-refractivity contribution in [2.45, 2.75) is 39.5 Å². The monoisotopic (exact) mass is 408 g/mol. The lowest BCUT2D eigenvalue weighted by atomic mass is 9.89. The molecule has 1 aliphatic rings. The smallest absolute Gasteiger partial charge is 0.311 e. The molecule has 1 fully saturated rings. The third-order valence-electron chi connectivity index (χ3n) is 5.96. The molecule has 2 aromatic carbocycles. The number of para-hydroxylation sites is 1. The standard InChI is InChI=1S/C24H25FN2O3/c1-13(2)19-20(15-7-8-17(25)14(3)11-15)16-5-4-6-18(28)21(16)27-22(19)26-12-24(9-10-24)23(29)30/h4-8,11,13,28H,9-10,12H2,1-3H3,(H,26,27)(H,29,30). The van der Waals surface area contributed by atoms with Crippen LogP contribution in [0.15, 0.2) is 36.4 Å². The highest BCUT2D eigenvalue weighted by Crippen LogP contribution is 2.47. The van der Waals surface area contributed by atoms with Gasteiger partial charge < -0.3 is 15.5 Å². The molecule has 3 aromatic rings. The van der Waals surface area contributed by atoms with E-state index in [1.807, 2.05) is 19.9 Å². The van der Waals surface area contributed by atoms with Crippen LogP contribution in [0.2, 0.25) is 0 Å². The van der Waals surface area contributed by atoms with Crippen molar-refractivity contribution in [1.29, 1.82) is 0 Å². The van der Waals surface area contributed by atoms with E-state index in [0.717, 1.165) is 22.1 Å². The summed E-state index contributed by atoms with van der Waals surface area (Å²) in [6.07, 6.45) is 1.27. The molecule has 3 N–H and O–H groups in total. The summed E-state index contributed by atoms with van der Waals surface area (Å²) >= 11 is 0. The maximum atomic E-state index is 13.9. The lowest BCUT2D eigenvalue weighted by molar-refractivity contribution is -0.142. The number of benzene rings is 2. The molecule has 4 rings (SSSR count). The maximum Gasteiger partial charge on any atom is 0.311 e. The zero-order chi connectivity index (χ0) is 21.6. The zero-order valence-electron chi connectivity index (χ0n) is 17.3. The molecule has 0 bridgehead atoms. The average Bonchev–Trinajstić information content (AvgIpc) is 3.49. The van der Waals surface area contributed by atoms with Gasteiger partial charge >= 0.3 is 5.97 Å². The van der Waals surface area contributed by atoms with E-state index in [1.54, 1.807) is 31.2 Å². The van der Waals surface area contributed by atoms with Crippen LogP contribution < -0.4 is 5.32 Å². The van der Waals surface area contributed by atoms with Crippen molar-refractivity contribution in [3.05, 3.63) is 53.3 Å². The number of halogens is 1. The van der Waals surface area contributed by atoms with E-state index in [1.165, 1.54) is 6.07 Å². The van der Waals surface area contributed by atoms with Crippen LogP contribution in [0, 0.1) is 18.2 Å². The minimum Gasteiger partial charge on any atom is -0.506 e. The molecule has 0 unspecified atom stereocenters. The average molecular weight is 408 g/mol. The Kier molecular flexibility index (Phi) is 4.88. The van der Waals surface area contributed by atoms with Crippen molar-refractivity contribution >= 4 is 22.7 Å². The first kappa shape index (κ1) is 20.1. The SMILES string of the molecule is Cc1cc(-c2c(C(C)C)c(NCC3(C(=O)O)CC3)nc3c(O)cccc23)ccc1F. The number of aryl methyl sites for hydroxylation is 1. The van der Waals surface area contributed by atoms with Crippen LogP contribution in [-0.4, -0.2) is 27.7 Å². The normalized spacial score (nSPS) is 14.8. The van der Waals surface area contributed by atoms with Crippen molar-refractivity contribution in [2.24, 2.45) is 5.41 Å². The third kappa shape index (κ3) is 3.36. The number of anilines is 1. The Labute approximate surface area is 174 Å². The molecule has 6 heteroatoms. The van der Waals surface area contributed by atoms with Crippen LogP contribution >= 0.6 is 0 Å². The summed E-state index contributed by atoms with van der Waals surface area (Å²) in [7, 11) is 0. The largest absolute Gasteiger partial charge is 0.506 e. The van der Waals surface area contributed by atoms with E-state index in [4.69, 9.17) is 0 Å². The number of nitrogens with one attached hydrogen (secondary N) is 1. The number of hydrogen-bond acceptors (Lipinski definition) is 4. The van der Waals surface area contributed by atoms with Gasteiger partial charge in [0, 0.05) is 17.5 Å². The molecule has 1 aliphatic carbocycles. The Hall–Kier alpha value is -3.15. The van der Waals surface area contributed by atoms with Gasteiger partial charge in [-0.05, 0) is 60.6 Å². The molecular formula is C24H25FN2O3. The fourth-order valence-electron chi connectivity index (χ4n) is 3.96. The molecule has 0 amide bonds. The number of nitrogens with zero attached hydrogens (tertiary/aromatic N) is 1. The second-order valence-corrected chi connectivity index (χ2v) is 8.48. The summed E-state index contributed by atoms with van der Waals surface area (Å²) < 4.78 is 13.9. The van der Waals surface area contributed by atoms with E-state index in [9.17, 15) is 19.4 Å². The molecule has 30 heavy (non-hydrogen) atoms. The summed E-state index contributed by atoms with van der Waals surface area (Å²) in [5, 5.41) is 24.0. The van der Waals surface area contributed by atoms with Gasteiger partial charge in [0.05, 0.1) is 5.41 Å². The number of rotatable bonds is 6. The molecule has 0 saturated heterocycles. The van der Waals surface area contributed by atoms with Crippen molar-refractivity contribution in [2.75, 3.05) is 11.9 Å². The lowest BCUT2D eigenvalue weighted by Crippen LogP contribution is -2.25. The highest BCUT2D eigenvalue weighted by atomic mass is 19.1. The quantitative estimate of drug-likeness (QED) is 0.505. The van der Waals surface area contributed by atoms with Crippen molar-refractivity contribution in [3.63, 3.8) is 0 Å². The topological polar surface area (TPSA) is 82.5 Å². The van der Waals surface area contributed by atoms with Gasteiger partial charge in [0.1, 0.15) is 22.9 Å². The van der Waals surface area contributed by atoms with Gasteiger partial charge in [-0.2, -0.15) is 0 Å². The highest BCUT2D eigenvalue weighted by Gasteiger charge is 2.50. The van der Waals surface area contributed by atoms with Crippen molar-refractivity contribution in [1.82, 2.24) is 4.98 Å². The predicted molar refractivity (Wildman–Crippen MR) is 115 cm³/mol. The first-order valence-electron chi connectivity index (χ1n) is 10.1. The van der Waals surface area contributed by atoms with E-state index in [0.29, 0.717) is 29.7 Å². The predicted octanol–water partition coefficient (Wildman–Crippen LogP) is 5.46. The Bertz CT molecular complexity index is 1150. The second kappa shape index (κ2) is 7.27. The molecule has 0 spiro atoms. The van der Waals surface area contributed by atoms with Crippen LogP contribution in [0.1, 0.15) is 43.7 Å². The Balaban J connectivity index is 1.95. The van der Waals surface area contributed by atoms with Gasteiger partial charge in [0.2, 0.25) is 0 Å². The number of aromatic hydroxyl groups is 1. The number of carbonyl (C=O) groups is 1. The molecule has 1 saturated carbocycles. The minimum absolute atomic E-state index is 0.0466. The number of aliphatic carboxylic acids is 1. The number of aromatic nitrogens is 1. The molecule has 0 radical (unpaired) electrons. The summed E-state index contributed by atoms with van der Waals surface area (Å²) in [5.74, 6) is -0.415. The fourth-order valence-corrected chi connectivity index (χ4v) is 3.96. The second-order valence-electron chi connectivity index (χ2n) is 8.48. The molecular weight excluding hydrogens is 383 g/mol. The number of phenolic OH excluding ortho intramolecular Hbond substituents is 1. The zero-order valence-corrected chi connectivity index (χ0v) is 17.3. The summed E-state index contributed by atoms with van der Waals surface area (Å²) in [4.78, 5) is 16.3. The lowest BCUT2D eigenvalue weighted by Gasteiger charge is -2.22. The van der Waals surface area contributed by atoms with Crippen LogP contribution in [0.5, 0.6) is 5.75 Å². The fraction of sp³-hybridized carbons (Fsp3) is 0.333. The number of fused-ring (bicyclic) bond motifs is 1. The van der Waals surface area contributed by atoms with Gasteiger partial charge in [-0.3, -0.25) is 4.79 Å². The Morgan fingerprint density at radius 1 is 1.27 bits per heavy atom. The van der Waals surface area contributed by atoms with Crippen LogP contribution in [0.25, 0.3) is 22.0 Å². The first-order valence-corrected chi connectivity index (χ1v) is 10.1. The van der Waals surface area contributed by atoms with Gasteiger partial charge in [0.25, 0.3) is 0 Å². The summed E-state index contributed by atoms with van der Waals surface area (Å²) in [6.45, 7) is 6.08. The van der Waals surface area contributed by atoms with Gasteiger partial charge in [-0.15, -0.1) is 0 Å². The molecule has 1 aromatic heterocycles. The number of carboxylic acid groups (broad SMARTS) is 1. The minimum atomic E-state index is -0.806. The highest BCUT2D eigenvalue weighted by molar-refractivity contribution is 6.01. The Morgan fingerprint density at radius 2 is 2.00 bits per heavy atom. The van der Waals surface area contributed by atoms with Crippen LogP contribution in [0.4, 0.5) is 10.2 Å². The van der Waals surface area contributed by atoms with E-state index in [-0.39, 0.29) is 24.0 Å². The summed E-state index contributed by atoms with van der Waals surface area (Å²) in [5.41, 5.74) is 2.83. The maximum absolute atomic E-state index is 13.9. The number of carboxylic acids is 1. The Morgan fingerprint density at radius 3 is 2.60 bits per heavy atom. The molecule has 0 atom stereocenters. The van der Waals surface area contributed by atoms with Gasteiger partial charge in [0.15, 0.2) is 0 Å². The van der Waals surface area contributed by atoms with E-state index >= 15 is 0 Å². The van der Waals surface area contributed by atoms with Crippen molar-refractivity contribution < 1.29 is 19.4 Å². The van der Waals surface area contributed by atoms with Gasteiger partial charge in [-0.1, -0.05) is 32.0 Å². The number of pyridine rings is 1. The van der Waals surface area contributed by atoms with E-state index in [2.05, 4.69) is 10.3 Å². The molecule has 5 nitrogen and oxygen atoms in total. The molecule has 156 valence electrons. The van der Waals surface area contributed by atoms with Gasteiger partial charge in [-0.25, -0.2) is 9.37 Å². The number of hydrogen-bond donors (Lipinski definition) is 3. The summed E-state index contributed by atoms with van der Waals surface area (Å²) in [6, 6.07) is 10.2. The van der Waals surface area contributed by atoms with Crippen molar-refractivity contribution in [3.8, 4) is 16.9 Å². The van der Waals surface area contributed by atoms with Crippen LogP contribution in [0.3, 0.4) is 0 Å². The van der Waals surface area contributed by atoms with E-state index < -0.39 is 11.4 Å². The van der Waals surface area contributed by atoms with Crippen LogP contribution in [-0.2, 0) is 4.79 Å². The number of phenols is 1. The molecule has 0 aliphatic heterocycles. The third-order valence-corrected chi connectivity index (χ3v) is 5.96.